The summed E-state index contributed by atoms with van der Waals surface area (Å²) in [5.74, 6) is -0.236. The molecule has 36 heavy (non-hydrogen) atoms. The van der Waals surface area contributed by atoms with Crippen LogP contribution in [0.15, 0.2) is 71.9 Å². The predicted octanol–water partition coefficient (Wildman–Crippen LogP) is 5.19. The van der Waals surface area contributed by atoms with E-state index in [1.54, 1.807) is 28.7 Å². The number of halogens is 1. The standard InChI is InChI=1S/C28H29FN4O2S/c29-21-8-9-23-25(19-31-27(23)18-21)20-10-15-32(16-11-20)17-12-22-4-3-14-33(22)36(34,35)28-7-1-6-26-24(28)5-2-13-30-26/h1-2,5-10,13,18-19,22,31H,3-4,11-12,14-17H2/t22-/m0/s1. The molecule has 1 saturated heterocycles. The van der Waals surface area contributed by atoms with Gasteiger partial charge in [-0.25, -0.2) is 12.8 Å². The van der Waals surface area contributed by atoms with Gasteiger partial charge in [0, 0.05) is 59.9 Å². The molecule has 0 saturated carbocycles. The number of sulfonamides is 1. The second-order valence-corrected chi connectivity index (χ2v) is 11.6. The lowest BCUT2D eigenvalue weighted by Crippen LogP contribution is -2.39. The van der Waals surface area contributed by atoms with E-state index in [1.165, 1.54) is 17.7 Å². The van der Waals surface area contributed by atoms with Gasteiger partial charge < -0.3 is 4.98 Å². The summed E-state index contributed by atoms with van der Waals surface area (Å²) in [6.07, 6.45) is 9.42. The fourth-order valence-electron chi connectivity index (χ4n) is 5.70. The van der Waals surface area contributed by atoms with Gasteiger partial charge in [0.15, 0.2) is 0 Å². The SMILES string of the molecule is O=S(=O)(c1cccc2ncccc12)N1CCC[C@H]1CCN1CC=C(c2c[nH]c3cc(F)ccc23)CC1. The van der Waals surface area contributed by atoms with Gasteiger partial charge in [-0.3, -0.25) is 9.88 Å². The number of pyridine rings is 1. The van der Waals surface area contributed by atoms with Crippen molar-refractivity contribution in [3.63, 3.8) is 0 Å². The van der Waals surface area contributed by atoms with E-state index in [-0.39, 0.29) is 11.9 Å². The van der Waals surface area contributed by atoms with Crippen LogP contribution >= 0.6 is 0 Å². The Morgan fingerprint density at radius 2 is 2.00 bits per heavy atom. The quantitative estimate of drug-likeness (QED) is 0.393. The fraction of sp³-hybridized carbons (Fsp3) is 0.321. The van der Waals surface area contributed by atoms with Crippen molar-refractivity contribution in [3.05, 3.63) is 78.4 Å². The molecule has 2 aromatic heterocycles. The molecule has 0 amide bonds. The number of hydrogen-bond donors (Lipinski definition) is 1. The predicted molar refractivity (Wildman–Crippen MR) is 141 cm³/mol. The lowest BCUT2D eigenvalue weighted by Gasteiger charge is -2.30. The molecule has 4 aromatic rings. The molecule has 8 heteroatoms. The molecule has 0 bridgehead atoms. The van der Waals surface area contributed by atoms with Gasteiger partial charge in [-0.2, -0.15) is 4.31 Å². The van der Waals surface area contributed by atoms with Gasteiger partial charge in [0.25, 0.3) is 0 Å². The Morgan fingerprint density at radius 1 is 1.08 bits per heavy atom. The maximum Gasteiger partial charge on any atom is 0.243 e. The Bertz CT molecular complexity index is 1560. The first-order valence-electron chi connectivity index (χ1n) is 12.5. The molecule has 1 atom stereocenters. The summed E-state index contributed by atoms with van der Waals surface area (Å²) in [6, 6.07) is 13.8. The summed E-state index contributed by atoms with van der Waals surface area (Å²) in [6.45, 7) is 3.18. The molecule has 6 rings (SSSR count). The zero-order chi connectivity index (χ0) is 24.7. The van der Waals surface area contributed by atoms with Gasteiger partial charge >= 0.3 is 0 Å². The average Bonchev–Trinajstić information content (AvgIpc) is 3.55. The molecule has 2 aliphatic rings. The van der Waals surface area contributed by atoms with E-state index in [2.05, 4.69) is 20.9 Å². The number of H-pyrrole nitrogens is 1. The van der Waals surface area contributed by atoms with Crippen molar-refractivity contribution in [1.29, 1.82) is 0 Å². The zero-order valence-corrected chi connectivity index (χ0v) is 20.8. The number of hydrogen-bond acceptors (Lipinski definition) is 4. The Hall–Kier alpha value is -3.07. The average molecular weight is 505 g/mol. The van der Waals surface area contributed by atoms with E-state index in [9.17, 15) is 12.8 Å². The van der Waals surface area contributed by atoms with Crippen molar-refractivity contribution in [2.75, 3.05) is 26.2 Å². The molecule has 0 unspecified atom stereocenters. The molecule has 6 nitrogen and oxygen atoms in total. The van der Waals surface area contributed by atoms with E-state index in [0.717, 1.165) is 61.8 Å². The number of benzene rings is 2. The molecule has 0 radical (unpaired) electrons. The highest BCUT2D eigenvalue weighted by Gasteiger charge is 2.36. The number of nitrogens with zero attached hydrogens (tertiary/aromatic N) is 3. The number of fused-ring (bicyclic) bond motifs is 2. The van der Waals surface area contributed by atoms with Crippen LogP contribution in [0.4, 0.5) is 4.39 Å². The van der Waals surface area contributed by atoms with E-state index in [0.29, 0.717) is 22.3 Å². The van der Waals surface area contributed by atoms with Gasteiger partial charge in [0.2, 0.25) is 10.0 Å². The lowest BCUT2D eigenvalue weighted by molar-refractivity contribution is 0.263. The van der Waals surface area contributed by atoms with Gasteiger partial charge in [-0.1, -0.05) is 12.1 Å². The normalized spacial score (nSPS) is 19.8. The third-order valence-corrected chi connectivity index (χ3v) is 9.59. The number of rotatable bonds is 6. The summed E-state index contributed by atoms with van der Waals surface area (Å²) in [5.41, 5.74) is 3.93. The van der Waals surface area contributed by atoms with E-state index >= 15 is 0 Å². The van der Waals surface area contributed by atoms with Gasteiger partial charge in [0.1, 0.15) is 5.82 Å². The van der Waals surface area contributed by atoms with Crippen LogP contribution in [-0.4, -0.2) is 59.8 Å². The number of aromatic amines is 1. The monoisotopic (exact) mass is 504 g/mol. The van der Waals surface area contributed by atoms with Crippen LogP contribution in [-0.2, 0) is 10.0 Å². The Labute approximate surface area is 210 Å². The molecule has 2 aromatic carbocycles. The second-order valence-electron chi connectivity index (χ2n) is 9.70. The third kappa shape index (κ3) is 4.23. The molecule has 4 heterocycles. The first-order chi connectivity index (χ1) is 17.5. The Balaban J connectivity index is 1.14. The van der Waals surface area contributed by atoms with Gasteiger partial charge in [-0.05, 0) is 80.3 Å². The van der Waals surface area contributed by atoms with Crippen LogP contribution < -0.4 is 0 Å². The van der Waals surface area contributed by atoms with Crippen LogP contribution in [0.2, 0.25) is 0 Å². The van der Waals surface area contributed by atoms with E-state index < -0.39 is 10.0 Å². The van der Waals surface area contributed by atoms with E-state index in [4.69, 9.17) is 0 Å². The molecule has 2 aliphatic heterocycles. The van der Waals surface area contributed by atoms with Gasteiger partial charge in [0.05, 0.1) is 10.4 Å². The van der Waals surface area contributed by atoms with Crippen molar-refractivity contribution in [3.8, 4) is 0 Å². The summed E-state index contributed by atoms with van der Waals surface area (Å²) in [5, 5.41) is 1.73. The zero-order valence-electron chi connectivity index (χ0n) is 20.0. The highest BCUT2D eigenvalue weighted by molar-refractivity contribution is 7.89. The molecular weight excluding hydrogens is 475 g/mol. The lowest BCUT2D eigenvalue weighted by atomic mass is 9.98. The third-order valence-electron chi connectivity index (χ3n) is 7.58. The van der Waals surface area contributed by atoms with Crippen LogP contribution in [0.25, 0.3) is 27.4 Å². The number of nitrogens with one attached hydrogen (secondary N) is 1. The minimum absolute atomic E-state index is 0.0100. The van der Waals surface area contributed by atoms with Crippen molar-refractivity contribution >= 4 is 37.4 Å². The van der Waals surface area contributed by atoms with Crippen LogP contribution in [0.1, 0.15) is 31.2 Å². The van der Waals surface area contributed by atoms with Crippen molar-refractivity contribution in [2.45, 2.75) is 36.6 Å². The fourth-order valence-corrected chi connectivity index (χ4v) is 7.62. The first kappa shape index (κ1) is 23.3. The molecule has 0 spiro atoms. The highest BCUT2D eigenvalue weighted by Crippen LogP contribution is 2.33. The van der Waals surface area contributed by atoms with Crippen LogP contribution in [0.5, 0.6) is 0 Å². The summed E-state index contributed by atoms with van der Waals surface area (Å²) in [7, 11) is -3.60. The molecule has 0 aliphatic carbocycles. The molecular formula is C28H29FN4O2S. The van der Waals surface area contributed by atoms with Crippen molar-refractivity contribution in [2.24, 2.45) is 0 Å². The molecule has 1 N–H and O–H groups in total. The summed E-state index contributed by atoms with van der Waals surface area (Å²) < 4.78 is 42.6. The first-order valence-corrected chi connectivity index (χ1v) is 14.0. The van der Waals surface area contributed by atoms with E-state index in [1.807, 2.05) is 24.4 Å². The Morgan fingerprint density at radius 3 is 2.86 bits per heavy atom. The maximum absolute atomic E-state index is 13.7. The smallest absolute Gasteiger partial charge is 0.243 e. The van der Waals surface area contributed by atoms with Crippen LogP contribution in [0, 0.1) is 5.82 Å². The minimum atomic E-state index is -3.60. The van der Waals surface area contributed by atoms with Crippen LogP contribution in [0.3, 0.4) is 0 Å². The maximum atomic E-state index is 13.7. The van der Waals surface area contributed by atoms with Crippen molar-refractivity contribution < 1.29 is 12.8 Å². The minimum Gasteiger partial charge on any atom is -0.360 e. The Kier molecular flexibility index (Phi) is 6.11. The highest BCUT2D eigenvalue weighted by atomic mass is 32.2. The summed E-state index contributed by atoms with van der Waals surface area (Å²) >= 11 is 0. The largest absolute Gasteiger partial charge is 0.360 e. The van der Waals surface area contributed by atoms with Crippen molar-refractivity contribution in [1.82, 2.24) is 19.2 Å². The molecule has 1 fully saturated rings. The molecule has 186 valence electrons. The summed E-state index contributed by atoms with van der Waals surface area (Å²) in [4.78, 5) is 10.3. The number of aromatic nitrogens is 2. The topological polar surface area (TPSA) is 69.3 Å². The second kappa shape index (κ2) is 9.42. The van der Waals surface area contributed by atoms with Gasteiger partial charge in [-0.15, -0.1) is 0 Å².